The highest BCUT2D eigenvalue weighted by molar-refractivity contribution is 5.38. The van der Waals surface area contributed by atoms with Crippen molar-refractivity contribution in [2.24, 2.45) is 0 Å². The van der Waals surface area contributed by atoms with Crippen molar-refractivity contribution >= 4 is 0 Å². The van der Waals surface area contributed by atoms with Crippen molar-refractivity contribution < 1.29 is 4.74 Å². The first-order chi connectivity index (χ1) is 7.70. The minimum absolute atomic E-state index is 0.388. The molecule has 1 aromatic heterocycles. The third kappa shape index (κ3) is 2.05. The van der Waals surface area contributed by atoms with E-state index in [0.717, 1.165) is 17.1 Å². The first-order valence-corrected chi connectivity index (χ1v) is 5.27. The van der Waals surface area contributed by atoms with Crippen LogP contribution in [0.3, 0.4) is 0 Å². The Kier molecular flexibility index (Phi) is 2.90. The van der Waals surface area contributed by atoms with E-state index in [1.54, 1.807) is 11.8 Å². The molecule has 0 bridgehead atoms. The molecule has 0 radical (unpaired) electrons. The van der Waals surface area contributed by atoms with Gasteiger partial charge in [-0.15, -0.1) is 5.10 Å². The van der Waals surface area contributed by atoms with Crippen LogP contribution in [0.2, 0.25) is 0 Å². The molecule has 0 spiro atoms. The molecule has 1 aromatic carbocycles. The largest absolute Gasteiger partial charge is 0.497 e. The van der Waals surface area contributed by atoms with Crippen LogP contribution in [0, 0.1) is 0 Å². The maximum Gasteiger partial charge on any atom is 0.121 e. The molecule has 0 saturated carbocycles. The van der Waals surface area contributed by atoms with Gasteiger partial charge in [-0.1, -0.05) is 25.1 Å². The Morgan fingerprint density at radius 3 is 2.75 bits per heavy atom. The molecular weight excluding hydrogens is 202 g/mol. The summed E-state index contributed by atoms with van der Waals surface area (Å²) in [6.07, 6.45) is 1.94. The monoisotopic (exact) mass is 217 g/mol. The highest BCUT2D eigenvalue weighted by Crippen LogP contribution is 2.17. The van der Waals surface area contributed by atoms with Gasteiger partial charge in [-0.25, -0.2) is 4.68 Å². The van der Waals surface area contributed by atoms with Crippen LogP contribution in [0.1, 0.15) is 25.5 Å². The van der Waals surface area contributed by atoms with Crippen LogP contribution in [0.25, 0.3) is 5.69 Å². The Balaban J connectivity index is 2.34. The lowest BCUT2D eigenvalue weighted by atomic mass is 10.2. The van der Waals surface area contributed by atoms with E-state index in [2.05, 4.69) is 24.2 Å². The van der Waals surface area contributed by atoms with Crippen molar-refractivity contribution in [1.29, 1.82) is 0 Å². The van der Waals surface area contributed by atoms with Crippen LogP contribution in [0.5, 0.6) is 5.75 Å². The summed E-state index contributed by atoms with van der Waals surface area (Å²) in [4.78, 5) is 0. The molecule has 4 heteroatoms. The van der Waals surface area contributed by atoms with Gasteiger partial charge in [-0.3, -0.25) is 0 Å². The summed E-state index contributed by atoms with van der Waals surface area (Å²) < 4.78 is 6.93. The molecule has 0 aliphatic carbocycles. The van der Waals surface area contributed by atoms with Crippen molar-refractivity contribution in [3.05, 3.63) is 36.2 Å². The molecule has 2 aromatic rings. The van der Waals surface area contributed by atoms with Gasteiger partial charge in [0.1, 0.15) is 5.75 Å². The summed E-state index contributed by atoms with van der Waals surface area (Å²) in [7, 11) is 1.65. The molecule has 0 saturated heterocycles. The lowest BCUT2D eigenvalue weighted by Gasteiger charge is -2.03. The molecule has 0 N–H and O–H groups in total. The molecule has 0 aliphatic rings. The van der Waals surface area contributed by atoms with Crippen LogP contribution >= 0.6 is 0 Å². The number of ether oxygens (including phenoxy) is 1. The van der Waals surface area contributed by atoms with Crippen molar-refractivity contribution in [2.45, 2.75) is 19.8 Å². The summed E-state index contributed by atoms with van der Waals surface area (Å²) in [6, 6.07) is 7.74. The highest BCUT2D eigenvalue weighted by Gasteiger charge is 2.06. The zero-order valence-corrected chi connectivity index (χ0v) is 9.71. The van der Waals surface area contributed by atoms with Crippen molar-refractivity contribution in [2.75, 3.05) is 7.11 Å². The van der Waals surface area contributed by atoms with Gasteiger partial charge in [-0.05, 0) is 18.1 Å². The summed E-state index contributed by atoms with van der Waals surface area (Å²) in [6.45, 7) is 4.19. The molecule has 0 unspecified atom stereocenters. The third-order valence-electron chi connectivity index (χ3n) is 2.42. The fraction of sp³-hybridized carbons (Fsp3) is 0.333. The Bertz CT molecular complexity index is 477. The topological polar surface area (TPSA) is 39.9 Å². The molecule has 16 heavy (non-hydrogen) atoms. The molecule has 4 nitrogen and oxygen atoms in total. The van der Waals surface area contributed by atoms with Crippen LogP contribution in [-0.4, -0.2) is 22.1 Å². The zero-order chi connectivity index (χ0) is 11.5. The molecule has 84 valence electrons. The van der Waals surface area contributed by atoms with Gasteiger partial charge in [0.15, 0.2) is 0 Å². The third-order valence-corrected chi connectivity index (χ3v) is 2.42. The van der Waals surface area contributed by atoms with E-state index in [0.29, 0.717) is 5.92 Å². The van der Waals surface area contributed by atoms with E-state index >= 15 is 0 Å². The van der Waals surface area contributed by atoms with Gasteiger partial charge < -0.3 is 4.74 Å². The van der Waals surface area contributed by atoms with Gasteiger partial charge in [0.05, 0.1) is 24.7 Å². The number of hydrogen-bond acceptors (Lipinski definition) is 3. The van der Waals surface area contributed by atoms with Crippen molar-refractivity contribution in [3.8, 4) is 11.4 Å². The minimum Gasteiger partial charge on any atom is -0.497 e. The lowest BCUT2D eigenvalue weighted by Crippen LogP contribution is -1.95. The normalized spacial score (nSPS) is 10.8. The van der Waals surface area contributed by atoms with Crippen LogP contribution in [0.4, 0.5) is 0 Å². The smallest absolute Gasteiger partial charge is 0.121 e. The minimum atomic E-state index is 0.388. The second-order valence-electron chi connectivity index (χ2n) is 3.94. The number of benzene rings is 1. The fourth-order valence-corrected chi connectivity index (χ4v) is 1.42. The molecule has 0 fully saturated rings. The molecule has 2 rings (SSSR count). The Morgan fingerprint density at radius 2 is 2.12 bits per heavy atom. The van der Waals surface area contributed by atoms with Crippen LogP contribution in [-0.2, 0) is 0 Å². The number of aromatic nitrogens is 3. The van der Waals surface area contributed by atoms with Gasteiger partial charge >= 0.3 is 0 Å². The van der Waals surface area contributed by atoms with E-state index in [9.17, 15) is 0 Å². The quantitative estimate of drug-likeness (QED) is 0.792. The Hall–Kier alpha value is -1.84. The van der Waals surface area contributed by atoms with Gasteiger partial charge in [0, 0.05) is 6.07 Å². The second-order valence-corrected chi connectivity index (χ2v) is 3.94. The SMILES string of the molecule is COc1cccc(-n2cc(C(C)C)nn2)c1. The van der Waals surface area contributed by atoms with E-state index in [-0.39, 0.29) is 0 Å². The van der Waals surface area contributed by atoms with E-state index in [1.165, 1.54) is 0 Å². The predicted octanol–water partition coefficient (Wildman–Crippen LogP) is 2.40. The first-order valence-electron chi connectivity index (χ1n) is 5.27. The van der Waals surface area contributed by atoms with E-state index in [4.69, 9.17) is 4.74 Å². The maximum absolute atomic E-state index is 5.17. The molecule has 0 aliphatic heterocycles. The number of rotatable bonds is 3. The average Bonchev–Trinajstić information content (AvgIpc) is 2.78. The Labute approximate surface area is 94.9 Å². The van der Waals surface area contributed by atoms with E-state index < -0.39 is 0 Å². The highest BCUT2D eigenvalue weighted by atomic mass is 16.5. The number of hydrogen-bond donors (Lipinski definition) is 0. The lowest BCUT2D eigenvalue weighted by molar-refractivity contribution is 0.414. The summed E-state index contributed by atoms with van der Waals surface area (Å²) in [5, 5.41) is 8.21. The molecule has 0 amide bonds. The molecule has 0 atom stereocenters. The average molecular weight is 217 g/mol. The summed E-state index contributed by atoms with van der Waals surface area (Å²) in [5.74, 6) is 1.21. The molecular formula is C12H15N3O. The van der Waals surface area contributed by atoms with Gasteiger partial charge in [0.2, 0.25) is 0 Å². The van der Waals surface area contributed by atoms with Crippen molar-refractivity contribution in [3.63, 3.8) is 0 Å². The number of methoxy groups -OCH3 is 1. The zero-order valence-electron chi connectivity index (χ0n) is 9.71. The van der Waals surface area contributed by atoms with Crippen molar-refractivity contribution in [1.82, 2.24) is 15.0 Å². The first kappa shape index (κ1) is 10.7. The van der Waals surface area contributed by atoms with Gasteiger partial charge in [-0.2, -0.15) is 0 Å². The summed E-state index contributed by atoms with van der Waals surface area (Å²) in [5.41, 5.74) is 1.95. The molecule has 1 heterocycles. The fourth-order valence-electron chi connectivity index (χ4n) is 1.42. The second kappa shape index (κ2) is 4.35. The Morgan fingerprint density at radius 1 is 1.31 bits per heavy atom. The summed E-state index contributed by atoms with van der Waals surface area (Å²) >= 11 is 0. The maximum atomic E-state index is 5.17. The van der Waals surface area contributed by atoms with Crippen LogP contribution in [0.15, 0.2) is 30.5 Å². The van der Waals surface area contributed by atoms with Crippen LogP contribution < -0.4 is 4.74 Å². The standard InChI is InChI=1S/C12H15N3O/c1-9(2)12-8-15(14-13-12)10-5-4-6-11(7-10)16-3/h4-9H,1-3H3. The number of nitrogens with zero attached hydrogens (tertiary/aromatic N) is 3. The predicted molar refractivity (Wildman–Crippen MR) is 62.0 cm³/mol. The van der Waals surface area contributed by atoms with E-state index in [1.807, 2.05) is 30.5 Å². The van der Waals surface area contributed by atoms with Gasteiger partial charge in [0.25, 0.3) is 0 Å².